The van der Waals surface area contributed by atoms with Crippen LogP contribution in [0.25, 0.3) is 89.7 Å². The van der Waals surface area contributed by atoms with Gasteiger partial charge in [0.05, 0.1) is 35.7 Å². The number of sulfonamides is 1. The monoisotopic (exact) mass is 719 g/mol. The number of nitrogens with zero attached hydrogens (tertiary/aromatic N) is 6. The van der Waals surface area contributed by atoms with Gasteiger partial charge in [-0.25, -0.2) is 18.1 Å². The third-order valence-corrected chi connectivity index (χ3v) is 9.11. The minimum Gasteiger partial charge on any atom is -0.377 e. The smallest absolute Gasteiger partial charge is 0.377 e. The summed E-state index contributed by atoms with van der Waals surface area (Å²) in [5, 5.41) is 3.71. The third-order valence-electron chi connectivity index (χ3n) is 8.38. The van der Waals surface area contributed by atoms with E-state index in [1.165, 1.54) is 0 Å². The summed E-state index contributed by atoms with van der Waals surface area (Å²) in [7, 11) is -3.05. The summed E-state index contributed by atoms with van der Waals surface area (Å²) in [6.45, 7) is 4.57. The van der Waals surface area contributed by atoms with Gasteiger partial charge in [-0.15, -0.1) is 0 Å². The van der Waals surface area contributed by atoms with Gasteiger partial charge in [0, 0.05) is 33.9 Å². The molecular weight excluding hydrogens is 687 g/mol. The van der Waals surface area contributed by atoms with E-state index in [1.54, 1.807) is 0 Å². The van der Waals surface area contributed by atoms with E-state index in [2.05, 4.69) is 14.7 Å². The van der Waals surface area contributed by atoms with Gasteiger partial charge in [-0.3, -0.25) is 9.97 Å². The summed E-state index contributed by atoms with van der Waals surface area (Å²) in [6, 6.07) is 32.2. The Morgan fingerprint density at radius 1 is 0.596 bits per heavy atom. The van der Waals surface area contributed by atoms with Crippen molar-refractivity contribution in [3.8, 4) is 45.6 Å². The third kappa shape index (κ3) is 7.03. The van der Waals surface area contributed by atoms with Crippen LogP contribution in [0, 0.1) is 0 Å². The molecule has 0 amide bonds. The van der Waals surface area contributed by atoms with Crippen LogP contribution in [0.15, 0.2) is 97.1 Å². The standard InChI is InChI=1S/C32H16N8.C6H15NO3S.Mg/c1-2-10-18-17(9-1)25-33-26(18)38-28-21-13-5-6-14-22(21)30(35-28)40-32-24-16-8-7-15-23(24)31(36-32)39-29-20-12-4-3-11-19(20)27(34-29)37-25;1-6(2)10-5-4-7-11(3,8)9;/h1-16H;6-7H,4-5H2,1-3H3;/q-2;;+2/p+2. The molecular formula is C38H33MgN9O3S+2. The molecule has 4 aromatic carbocycles. The van der Waals surface area contributed by atoms with Crippen LogP contribution in [0.4, 0.5) is 0 Å². The Hall–Kier alpha value is -5.12. The van der Waals surface area contributed by atoms with Crippen LogP contribution in [0.2, 0.25) is 0 Å². The summed E-state index contributed by atoms with van der Waals surface area (Å²) < 4.78 is 28.5. The van der Waals surface area contributed by atoms with Crippen LogP contribution in [-0.2, 0) is 14.8 Å². The van der Waals surface area contributed by atoms with E-state index in [9.17, 15) is 8.42 Å². The normalized spacial score (nSPS) is 11.8. The van der Waals surface area contributed by atoms with Crippen molar-refractivity contribution in [1.82, 2.24) is 34.6 Å². The van der Waals surface area contributed by atoms with E-state index in [-0.39, 0.29) is 29.2 Å². The Morgan fingerprint density at radius 3 is 1.19 bits per heavy atom. The number of rotatable bonds is 5. The van der Waals surface area contributed by atoms with Crippen LogP contribution in [-0.4, -0.2) is 76.9 Å². The van der Waals surface area contributed by atoms with Gasteiger partial charge in [0.2, 0.25) is 10.0 Å². The maximum atomic E-state index is 10.5. The summed E-state index contributed by atoms with van der Waals surface area (Å²) in [5.41, 5.74) is 6.21. The molecule has 12 nitrogen and oxygen atoms in total. The van der Waals surface area contributed by atoms with Gasteiger partial charge < -0.3 is 14.7 Å². The second-order valence-corrected chi connectivity index (χ2v) is 14.2. The number of aromatic amines is 2. The predicted octanol–water partition coefficient (Wildman–Crippen LogP) is 4.55. The van der Waals surface area contributed by atoms with Crippen molar-refractivity contribution in [1.29, 1.82) is 0 Å². The van der Waals surface area contributed by atoms with Crippen molar-refractivity contribution < 1.29 is 23.1 Å². The van der Waals surface area contributed by atoms with E-state index < -0.39 is 10.0 Å². The first-order valence-electron chi connectivity index (χ1n) is 16.5. The van der Waals surface area contributed by atoms with Crippen molar-refractivity contribution in [2.24, 2.45) is 0 Å². The molecule has 3 aromatic heterocycles. The fraction of sp³-hybridized carbons (Fsp3) is 0.158. The maximum Gasteiger partial charge on any atom is 2.00 e. The first-order valence-corrected chi connectivity index (χ1v) is 18.4. The number of nitrogens with one attached hydrogen (secondary N) is 3. The molecule has 0 radical (unpaired) electrons. The summed E-state index contributed by atoms with van der Waals surface area (Å²) >= 11 is 0. The Bertz CT molecular complexity index is 2430. The fourth-order valence-electron chi connectivity index (χ4n) is 6.11. The van der Waals surface area contributed by atoms with E-state index in [0.717, 1.165) is 50.1 Å². The molecule has 8 bridgehead atoms. The molecule has 2 aliphatic heterocycles. The van der Waals surface area contributed by atoms with Gasteiger partial charge in [-0.2, -0.15) is 0 Å². The zero-order valence-electron chi connectivity index (χ0n) is 28.8. The molecule has 254 valence electrons. The van der Waals surface area contributed by atoms with Gasteiger partial charge in [0.1, 0.15) is 5.82 Å². The molecule has 0 saturated carbocycles. The Morgan fingerprint density at radius 2 is 0.904 bits per heavy atom. The molecule has 5 heterocycles. The first-order chi connectivity index (χ1) is 24.7. The Kier molecular flexibility index (Phi) is 9.83. The predicted molar refractivity (Wildman–Crippen MR) is 201 cm³/mol. The number of ether oxygens (including phenoxy) is 1. The number of fused-ring (bicyclic) bond motifs is 20. The van der Waals surface area contributed by atoms with Crippen molar-refractivity contribution in [3.05, 3.63) is 97.1 Å². The number of hydrogen-bond acceptors (Lipinski definition) is 7. The first kappa shape index (κ1) is 35.3. The molecule has 0 fully saturated rings. The van der Waals surface area contributed by atoms with Crippen LogP contribution >= 0.6 is 0 Å². The van der Waals surface area contributed by atoms with Crippen LogP contribution in [0.1, 0.15) is 13.8 Å². The van der Waals surface area contributed by atoms with Crippen LogP contribution in [0.3, 0.4) is 0 Å². The molecule has 0 saturated heterocycles. The average Bonchev–Trinajstić information content (AvgIpc) is 3.86. The quantitative estimate of drug-likeness (QED) is 0.199. The molecule has 0 aliphatic carbocycles. The van der Waals surface area contributed by atoms with Crippen LogP contribution < -0.4 is 24.7 Å². The molecule has 7 aromatic rings. The van der Waals surface area contributed by atoms with Gasteiger partial charge in [0.15, 0.2) is 16.9 Å². The van der Waals surface area contributed by atoms with Crippen molar-refractivity contribution in [3.63, 3.8) is 0 Å². The SMILES string of the molecule is CC(C)OCCNS(C)(=O)=O.[Mg+2].c1ccc2c(c1)-c1nc3[n-]c(nc4[nH+]c(nc5[n-]c(nc-2[nH+]1)c1ccccc51)-c1ccccc1-4)c1ccccc31. The second kappa shape index (κ2) is 14.5. The number of aromatic nitrogens is 8. The van der Waals surface area contributed by atoms with E-state index in [0.29, 0.717) is 59.0 Å². The van der Waals surface area contributed by atoms with Gasteiger partial charge in [-0.1, -0.05) is 93.8 Å². The minimum absolute atomic E-state index is 0. The van der Waals surface area contributed by atoms with Crippen molar-refractivity contribution >= 4 is 77.2 Å². The summed E-state index contributed by atoms with van der Waals surface area (Å²) in [4.78, 5) is 36.8. The summed E-state index contributed by atoms with van der Waals surface area (Å²) in [6.07, 6.45) is 1.28. The molecule has 2 aliphatic rings. The maximum absolute atomic E-state index is 10.5. The number of benzene rings is 4. The second-order valence-electron chi connectivity index (χ2n) is 12.4. The summed E-state index contributed by atoms with van der Waals surface area (Å²) in [5.74, 6) is 2.74. The van der Waals surface area contributed by atoms with Gasteiger partial charge in [-0.05, 0) is 37.4 Å². The van der Waals surface area contributed by atoms with Gasteiger partial charge in [0.25, 0.3) is 17.5 Å². The molecule has 14 heteroatoms. The van der Waals surface area contributed by atoms with E-state index in [4.69, 9.17) is 34.6 Å². The molecule has 0 unspecified atom stereocenters. The largest absolute Gasteiger partial charge is 2.00 e. The average molecular weight is 720 g/mol. The Labute approximate surface area is 315 Å². The topological polar surface area (TPSA) is 163 Å². The number of H-pyrrole nitrogens is 2. The van der Waals surface area contributed by atoms with E-state index in [1.807, 2.05) is 111 Å². The minimum atomic E-state index is -3.05. The molecule has 52 heavy (non-hydrogen) atoms. The zero-order valence-corrected chi connectivity index (χ0v) is 31.0. The Balaban J connectivity index is 0.000000308. The van der Waals surface area contributed by atoms with Gasteiger partial charge >= 0.3 is 23.1 Å². The molecule has 0 spiro atoms. The molecule has 0 atom stereocenters. The van der Waals surface area contributed by atoms with Crippen LogP contribution in [0.5, 0.6) is 0 Å². The fourth-order valence-corrected chi connectivity index (χ4v) is 6.57. The van der Waals surface area contributed by atoms with Crippen molar-refractivity contribution in [2.45, 2.75) is 20.0 Å². The molecule has 3 N–H and O–H groups in total. The number of hydrogen-bond donors (Lipinski definition) is 1. The molecule has 9 rings (SSSR count). The zero-order chi connectivity index (χ0) is 35.1. The van der Waals surface area contributed by atoms with Crippen molar-refractivity contribution in [2.75, 3.05) is 19.4 Å². The van der Waals surface area contributed by atoms with E-state index >= 15 is 0 Å².